The molecule has 0 unspecified atom stereocenters. The fraction of sp³-hybridized carbons (Fsp3) is 0.533. The first-order valence-corrected chi connectivity index (χ1v) is 6.36. The zero-order valence-electron chi connectivity index (χ0n) is 10.4. The van der Waals surface area contributed by atoms with E-state index in [0.29, 0.717) is 6.42 Å². The summed E-state index contributed by atoms with van der Waals surface area (Å²) in [6.07, 6.45) is 5.37. The van der Waals surface area contributed by atoms with Crippen molar-refractivity contribution in [2.75, 3.05) is 0 Å². The molecule has 0 aliphatic heterocycles. The first kappa shape index (κ1) is 13.0. The number of carbonyl (C=O) groups excluding carboxylic acids is 1. The topological polar surface area (TPSA) is 17.1 Å². The molecule has 0 N–H and O–H groups in total. The maximum Gasteiger partial charge on any atom is 0.162 e. The Hall–Kier alpha value is -1.11. The van der Waals surface area contributed by atoms with Crippen LogP contribution in [-0.4, -0.2) is 5.78 Å². The maximum atomic E-state index is 11.8. The van der Waals surface area contributed by atoms with Crippen LogP contribution >= 0.6 is 0 Å². The maximum absolute atomic E-state index is 11.8. The fourth-order valence-corrected chi connectivity index (χ4v) is 2.02. The predicted octanol–water partition coefficient (Wildman–Crippen LogP) is 4.48. The molecule has 0 heterocycles. The van der Waals surface area contributed by atoms with Gasteiger partial charge in [0.2, 0.25) is 0 Å². The Labute approximate surface area is 98.9 Å². The molecule has 1 aromatic carbocycles. The molecule has 0 radical (unpaired) electrons. The highest BCUT2D eigenvalue weighted by molar-refractivity contribution is 5.95. The van der Waals surface area contributed by atoms with Crippen molar-refractivity contribution >= 4 is 5.78 Å². The Kier molecular flexibility index (Phi) is 5.84. The van der Waals surface area contributed by atoms with Gasteiger partial charge in [0.15, 0.2) is 5.78 Å². The highest BCUT2D eigenvalue weighted by atomic mass is 16.1. The largest absolute Gasteiger partial charge is 0.294 e. The molecule has 0 bridgehead atoms. The van der Waals surface area contributed by atoms with E-state index < -0.39 is 0 Å². The quantitative estimate of drug-likeness (QED) is 0.617. The average molecular weight is 218 g/mol. The SMILES string of the molecule is CCC(CC)CCCC(=O)c1ccccc1. The summed E-state index contributed by atoms with van der Waals surface area (Å²) in [4.78, 5) is 11.8. The Morgan fingerprint density at radius 2 is 1.75 bits per heavy atom. The molecule has 0 aliphatic carbocycles. The molecule has 0 amide bonds. The molecule has 0 aromatic heterocycles. The summed E-state index contributed by atoms with van der Waals surface area (Å²) in [6, 6.07) is 9.60. The second kappa shape index (κ2) is 7.21. The van der Waals surface area contributed by atoms with Crippen LogP contribution in [0.5, 0.6) is 0 Å². The van der Waals surface area contributed by atoms with E-state index in [0.717, 1.165) is 17.9 Å². The summed E-state index contributed by atoms with van der Waals surface area (Å²) >= 11 is 0. The van der Waals surface area contributed by atoms with Crippen molar-refractivity contribution in [1.29, 1.82) is 0 Å². The number of Topliss-reactive ketones (excluding diaryl/α,β-unsaturated/α-hetero) is 1. The van der Waals surface area contributed by atoms with Gasteiger partial charge in [-0.05, 0) is 12.3 Å². The van der Waals surface area contributed by atoms with Gasteiger partial charge in [0.25, 0.3) is 0 Å². The Morgan fingerprint density at radius 3 is 2.31 bits per heavy atom. The van der Waals surface area contributed by atoms with Gasteiger partial charge in [-0.15, -0.1) is 0 Å². The summed E-state index contributed by atoms with van der Waals surface area (Å²) in [5.41, 5.74) is 0.854. The van der Waals surface area contributed by atoms with Crippen LogP contribution < -0.4 is 0 Å². The molecule has 1 nitrogen and oxygen atoms in total. The van der Waals surface area contributed by atoms with Crippen molar-refractivity contribution in [2.24, 2.45) is 5.92 Å². The molecule has 1 heteroatoms. The van der Waals surface area contributed by atoms with Crippen LogP contribution in [0.3, 0.4) is 0 Å². The molecule has 0 fully saturated rings. The highest BCUT2D eigenvalue weighted by Gasteiger charge is 2.07. The first-order chi connectivity index (χ1) is 7.77. The van der Waals surface area contributed by atoms with Crippen molar-refractivity contribution in [3.8, 4) is 0 Å². The second-order valence-electron chi connectivity index (χ2n) is 4.36. The van der Waals surface area contributed by atoms with E-state index in [1.165, 1.54) is 19.3 Å². The summed E-state index contributed by atoms with van der Waals surface area (Å²) < 4.78 is 0. The average Bonchev–Trinajstić information content (AvgIpc) is 2.35. The van der Waals surface area contributed by atoms with E-state index in [2.05, 4.69) is 13.8 Å². The van der Waals surface area contributed by atoms with Gasteiger partial charge in [-0.3, -0.25) is 4.79 Å². The van der Waals surface area contributed by atoms with Crippen molar-refractivity contribution in [1.82, 2.24) is 0 Å². The standard InChI is InChI=1S/C15H22O/c1-3-13(4-2)9-8-12-15(16)14-10-6-5-7-11-14/h5-7,10-11,13H,3-4,8-9,12H2,1-2H3. The minimum Gasteiger partial charge on any atom is -0.294 e. The van der Waals surface area contributed by atoms with Gasteiger partial charge in [0.1, 0.15) is 0 Å². The monoisotopic (exact) mass is 218 g/mol. The number of benzene rings is 1. The lowest BCUT2D eigenvalue weighted by Crippen LogP contribution is -2.02. The van der Waals surface area contributed by atoms with Crippen LogP contribution in [0.4, 0.5) is 0 Å². The van der Waals surface area contributed by atoms with Crippen LogP contribution in [0.1, 0.15) is 56.3 Å². The number of carbonyl (C=O) groups is 1. The van der Waals surface area contributed by atoms with Gasteiger partial charge in [0, 0.05) is 12.0 Å². The van der Waals surface area contributed by atoms with Crippen LogP contribution in [0.15, 0.2) is 30.3 Å². The first-order valence-electron chi connectivity index (χ1n) is 6.36. The number of hydrogen-bond donors (Lipinski definition) is 0. The third-order valence-corrected chi connectivity index (χ3v) is 3.27. The summed E-state index contributed by atoms with van der Waals surface area (Å²) in [7, 11) is 0. The van der Waals surface area contributed by atoms with E-state index in [4.69, 9.17) is 0 Å². The van der Waals surface area contributed by atoms with Crippen LogP contribution in [0.2, 0.25) is 0 Å². The van der Waals surface area contributed by atoms with Crippen LogP contribution in [0, 0.1) is 5.92 Å². The van der Waals surface area contributed by atoms with Gasteiger partial charge >= 0.3 is 0 Å². The summed E-state index contributed by atoms with van der Waals surface area (Å²) in [5.74, 6) is 1.08. The lowest BCUT2D eigenvalue weighted by molar-refractivity contribution is 0.0977. The molecular formula is C15H22O. The highest BCUT2D eigenvalue weighted by Crippen LogP contribution is 2.17. The van der Waals surface area contributed by atoms with E-state index >= 15 is 0 Å². The van der Waals surface area contributed by atoms with Crippen molar-refractivity contribution in [2.45, 2.75) is 46.0 Å². The summed E-state index contributed by atoms with van der Waals surface area (Å²) in [6.45, 7) is 4.46. The van der Waals surface area contributed by atoms with E-state index in [-0.39, 0.29) is 5.78 Å². The fourth-order valence-electron chi connectivity index (χ4n) is 2.02. The number of ketones is 1. The predicted molar refractivity (Wildman–Crippen MR) is 68.7 cm³/mol. The van der Waals surface area contributed by atoms with Crippen LogP contribution in [-0.2, 0) is 0 Å². The van der Waals surface area contributed by atoms with E-state index in [1.54, 1.807) is 0 Å². The van der Waals surface area contributed by atoms with Crippen molar-refractivity contribution in [3.05, 3.63) is 35.9 Å². The zero-order chi connectivity index (χ0) is 11.8. The van der Waals surface area contributed by atoms with Crippen molar-refractivity contribution in [3.63, 3.8) is 0 Å². The van der Waals surface area contributed by atoms with E-state index in [9.17, 15) is 4.79 Å². The molecule has 0 aliphatic rings. The van der Waals surface area contributed by atoms with Crippen LogP contribution in [0.25, 0.3) is 0 Å². The molecular weight excluding hydrogens is 196 g/mol. The lowest BCUT2D eigenvalue weighted by atomic mass is 9.95. The third-order valence-electron chi connectivity index (χ3n) is 3.27. The number of hydrogen-bond acceptors (Lipinski definition) is 1. The van der Waals surface area contributed by atoms with Crippen molar-refractivity contribution < 1.29 is 4.79 Å². The molecule has 0 saturated heterocycles. The molecule has 16 heavy (non-hydrogen) atoms. The smallest absolute Gasteiger partial charge is 0.162 e. The second-order valence-corrected chi connectivity index (χ2v) is 4.36. The van der Waals surface area contributed by atoms with Gasteiger partial charge in [-0.1, -0.05) is 63.4 Å². The molecule has 88 valence electrons. The molecule has 0 atom stereocenters. The Bertz CT molecular complexity index is 298. The minimum atomic E-state index is 0.284. The Morgan fingerprint density at radius 1 is 1.12 bits per heavy atom. The number of rotatable bonds is 7. The molecule has 0 saturated carbocycles. The van der Waals surface area contributed by atoms with Gasteiger partial charge in [-0.25, -0.2) is 0 Å². The van der Waals surface area contributed by atoms with Gasteiger partial charge in [0.05, 0.1) is 0 Å². The normalized spacial score (nSPS) is 10.7. The minimum absolute atomic E-state index is 0.284. The molecule has 1 rings (SSSR count). The third kappa shape index (κ3) is 4.18. The summed E-state index contributed by atoms with van der Waals surface area (Å²) in [5, 5.41) is 0. The van der Waals surface area contributed by atoms with Gasteiger partial charge < -0.3 is 0 Å². The Balaban J connectivity index is 2.31. The molecule has 1 aromatic rings. The van der Waals surface area contributed by atoms with Gasteiger partial charge in [-0.2, -0.15) is 0 Å². The zero-order valence-corrected chi connectivity index (χ0v) is 10.4. The molecule has 0 spiro atoms. The van der Waals surface area contributed by atoms with E-state index in [1.807, 2.05) is 30.3 Å². The lowest BCUT2D eigenvalue weighted by Gasteiger charge is -2.10.